The van der Waals surface area contributed by atoms with Gasteiger partial charge in [0.1, 0.15) is 6.61 Å². The van der Waals surface area contributed by atoms with Gasteiger partial charge in [0.05, 0.1) is 5.41 Å². The van der Waals surface area contributed by atoms with Gasteiger partial charge in [-0.2, -0.15) is 0 Å². The summed E-state index contributed by atoms with van der Waals surface area (Å²) in [5.41, 5.74) is -0.663. The smallest absolute Gasteiger partial charge is 0.407 e. The molecule has 0 saturated heterocycles. The van der Waals surface area contributed by atoms with Crippen molar-refractivity contribution < 1.29 is 19.4 Å². The Morgan fingerprint density at radius 2 is 2.00 bits per heavy atom. The van der Waals surface area contributed by atoms with E-state index in [0.717, 1.165) is 19.3 Å². The molecule has 1 aliphatic rings. The molecule has 0 unspecified atom stereocenters. The number of carbonyl (C=O) groups excluding carboxylic acids is 1. The molecular weight excluding hydrogens is 234 g/mol. The Bertz CT molecular complexity index is 308. The predicted molar refractivity (Wildman–Crippen MR) is 67.3 cm³/mol. The maximum atomic E-state index is 11.4. The van der Waals surface area contributed by atoms with Gasteiger partial charge < -0.3 is 15.2 Å². The SMILES string of the molecule is C=CCOC(=O)NCCC1(C(=O)O)CCCCC1. The van der Waals surface area contributed by atoms with Gasteiger partial charge in [-0.3, -0.25) is 4.79 Å². The van der Waals surface area contributed by atoms with Gasteiger partial charge >= 0.3 is 12.1 Å². The lowest BCUT2D eigenvalue weighted by molar-refractivity contribution is -0.151. The number of amides is 1. The van der Waals surface area contributed by atoms with Crippen LogP contribution in [0.4, 0.5) is 4.79 Å². The molecule has 0 aromatic heterocycles. The molecular formula is C13H21NO4. The highest BCUT2D eigenvalue weighted by Crippen LogP contribution is 2.39. The molecule has 0 atom stereocenters. The van der Waals surface area contributed by atoms with Gasteiger partial charge in [-0.25, -0.2) is 4.79 Å². The normalized spacial score (nSPS) is 17.8. The molecule has 1 fully saturated rings. The maximum Gasteiger partial charge on any atom is 0.407 e. The number of alkyl carbamates (subject to hydrolysis) is 1. The minimum atomic E-state index is -0.747. The molecule has 0 aromatic rings. The van der Waals surface area contributed by atoms with E-state index in [0.29, 0.717) is 25.8 Å². The van der Waals surface area contributed by atoms with Crippen molar-refractivity contribution in [1.82, 2.24) is 5.32 Å². The third-order valence-electron chi connectivity index (χ3n) is 3.47. The van der Waals surface area contributed by atoms with Crippen LogP contribution >= 0.6 is 0 Å². The molecule has 1 saturated carbocycles. The largest absolute Gasteiger partial charge is 0.481 e. The lowest BCUT2D eigenvalue weighted by atomic mass is 9.72. The fourth-order valence-electron chi connectivity index (χ4n) is 2.39. The number of ether oxygens (including phenoxy) is 1. The van der Waals surface area contributed by atoms with Crippen LogP contribution in [0, 0.1) is 5.41 Å². The summed E-state index contributed by atoms with van der Waals surface area (Å²) < 4.78 is 4.76. The minimum Gasteiger partial charge on any atom is -0.481 e. The number of nitrogens with one attached hydrogen (secondary N) is 1. The van der Waals surface area contributed by atoms with Gasteiger partial charge in [0.15, 0.2) is 0 Å². The Hall–Kier alpha value is -1.52. The number of carboxylic acid groups (broad SMARTS) is 1. The fraction of sp³-hybridized carbons (Fsp3) is 0.692. The molecule has 1 aliphatic carbocycles. The molecule has 5 nitrogen and oxygen atoms in total. The van der Waals surface area contributed by atoms with E-state index in [1.54, 1.807) is 0 Å². The topological polar surface area (TPSA) is 75.6 Å². The van der Waals surface area contributed by atoms with Crippen LogP contribution in [0.5, 0.6) is 0 Å². The maximum absolute atomic E-state index is 11.4. The molecule has 1 rings (SSSR count). The van der Waals surface area contributed by atoms with Crippen LogP contribution < -0.4 is 5.32 Å². The second-order valence-corrected chi connectivity index (χ2v) is 4.71. The second-order valence-electron chi connectivity index (χ2n) is 4.71. The monoisotopic (exact) mass is 255 g/mol. The number of carboxylic acids is 1. The van der Waals surface area contributed by atoms with Crippen LogP contribution in [0.2, 0.25) is 0 Å². The predicted octanol–water partition coefficient (Wildman–Crippen LogP) is 2.32. The van der Waals surface area contributed by atoms with Gasteiger partial charge in [-0.1, -0.05) is 31.9 Å². The highest BCUT2D eigenvalue weighted by molar-refractivity contribution is 5.75. The fourth-order valence-corrected chi connectivity index (χ4v) is 2.39. The number of aliphatic carboxylic acids is 1. The van der Waals surface area contributed by atoms with Crippen LogP contribution in [0.3, 0.4) is 0 Å². The van der Waals surface area contributed by atoms with E-state index >= 15 is 0 Å². The molecule has 1 amide bonds. The average Bonchev–Trinajstić information content (AvgIpc) is 2.37. The lowest BCUT2D eigenvalue weighted by Gasteiger charge is -2.33. The van der Waals surface area contributed by atoms with Gasteiger partial charge in [0.25, 0.3) is 0 Å². The molecule has 5 heteroatoms. The van der Waals surface area contributed by atoms with E-state index in [1.165, 1.54) is 6.08 Å². The summed E-state index contributed by atoms with van der Waals surface area (Å²) in [5, 5.41) is 11.9. The van der Waals surface area contributed by atoms with E-state index in [4.69, 9.17) is 4.74 Å². The molecule has 0 radical (unpaired) electrons. The molecule has 0 aliphatic heterocycles. The molecule has 0 bridgehead atoms. The van der Waals surface area contributed by atoms with E-state index in [-0.39, 0.29) is 6.61 Å². The second kappa shape index (κ2) is 7.03. The summed E-state index contributed by atoms with van der Waals surface area (Å²) in [6, 6.07) is 0. The van der Waals surface area contributed by atoms with E-state index in [9.17, 15) is 14.7 Å². The van der Waals surface area contributed by atoms with E-state index in [2.05, 4.69) is 11.9 Å². The van der Waals surface area contributed by atoms with Crippen molar-refractivity contribution in [2.45, 2.75) is 38.5 Å². The number of rotatable bonds is 6. The summed E-state index contributed by atoms with van der Waals surface area (Å²) in [5.74, 6) is -0.747. The van der Waals surface area contributed by atoms with Gasteiger partial charge in [-0.15, -0.1) is 0 Å². The molecule has 18 heavy (non-hydrogen) atoms. The minimum absolute atomic E-state index is 0.163. The van der Waals surface area contributed by atoms with Crippen LogP contribution in [0.25, 0.3) is 0 Å². The zero-order chi connectivity index (χ0) is 13.4. The summed E-state index contributed by atoms with van der Waals surface area (Å²) in [6.45, 7) is 3.94. The molecule has 0 heterocycles. The molecule has 0 aromatic carbocycles. The first kappa shape index (κ1) is 14.5. The highest BCUT2D eigenvalue weighted by atomic mass is 16.5. The van der Waals surface area contributed by atoms with Crippen LogP contribution in [-0.4, -0.2) is 30.3 Å². The summed E-state index contributed by atoms with van der Waals surface area (Å²) in [7, 11) is 0. The first-order valence-corrected chi connectivity index (χ1v) is 6.36. The summed E-state index contributed by atoms with van der Waals surface area (Å²) in [4.78, 5) is 22.6. The Labute approximate surface area is 107 Å². The standard InChI is InChI=1S/C13H21NO4/c1-2-10-18-12(17)14-9-8-13(11(15)16)6-4-3-5-7-13/h2H,1,3-10H2,(H,14,17)(H,15,16). The van der Waals surface area contributed by atoms with Crippen LogP contribution in [-0.2, 0) is 9.53 Å². The molecule has 102 valence electrons. The van der Waals surface area contributed by atoms with Crippen molar-refractivity contribution in [3.05, 3.63) is 12.7 Å². The molecule has 0 spiro atoms. The Balaban J connectivity index is 2.36. The third-order valence-corrected chi connectivity index (χ3v) is 3.47. The first-order valence-electron chi connectivity index (χ1n) is 6.36. The summed E-state index contributed by atoms with van der Waals surface area (Å²) >= 11 is 0. The zero-order valence-electron chi connectivity index (χ0n) is 10.6. The Kier molecular flexibility index (Phi) is 5.68. The third kappa shape index (κ3) is 4.05. The van der Waals surface area contributed by atoms with Crippen molar-refractivity contribution in [3.63, 3.8) is 0 Å². The Morgan fingerprint density at radius 1 is 1.33 bits per heavy atom. The van der Waals surface area contributed by atoms with Crippen molar-refractivity contribution >= 4 is 12.1 Å². The van der Waals surface area contributed by atoms with Crippen molar-refractivity contribution in [1.29, 1.82) is 0 Å². The number of carbonyl (C=O) groups is 2. The van der Waals surface area contributed by atoms with Gasteiger partial charge in [-0.05, 0) is 19.3 Å². The van der Waals surface area contributed by atoms with Crippen molar-refractivity contribution in [3.8, 4) is 0 Å². The van der Waals surface area contributed by atoms with Crippen LogP contribution in [0.1, 0.15) is 38.5 Å². The van der Waals surface area contributed by atoms with E-state index in [1.807, 2.05) is 0 Å². The van der Waals surface area contributed by atoms with Crippen LogP contribution in [0.15, 0.2) is 12.7 Å². The van der Waals surface area contributed by atoms with Crippen molar-refractivity contribution in [2.75, 3.05) is 13.2 Å². The number of hydrogen-bond donors (Lipinski definition) is 2. The Morgan fingerprint density at radius 3 is 2.56 bits per heavy atom. The van der Waals surface area contributed by atoms with Gasteiger partial charge in [0, 0.05) is 6.54 Å². The highest BCUT2D eigenvalue weighted by Gasteiger charge is 2.38. The van der Waals surface area contributed by atoms with E-state index < -0.39 is 17.5 Å². The first-order chi connectivity index (χ1) is 8.60. The molecule has 2 N–H and O–H groups in total. The lowest BCUT2D eigenvalue weighted by Crippen LogP contribution is -2.37. The zero-order valence-corrected chi connectivity index (χ0v) is 10.6. The van der Waals surface area contributed by atoms with Gasteiger partial charge in [0.2, 0.25) is 0 Å². The summed E-state index contributed by atoms with van der Waals surface area (Å²) in [6.07, 6.45) is 5.83. The number of hydrogen-bond acceptors (Lipinski definition) is 3. The van der Waals surface area contributed by atoms with Crippen molar-refractivity contribution in [2.24, 2.45) is 5.41 Å². The quantitative estimate of drug-likeness (QED) is 0.714. The average molecular weight is 255 g/mol.